The third kappa shape index (κ3) is 4.64. The van der Waals surface area contributed by atoms with Crippen LogP contribution in [0.3, 0.4) is 0 Å². The number of carboxylic acid groups (broad SMARTS) is 1. The highest BCUT2D eigenvalue weighted by Gasteiger charge is 2.29. The van der Waals surface area contributed by atoms with Gasteiger partial charge >= 0.3 is 5.97 Å². The van der Waals surface area contributed by atoms with Crippen LogP contribution in [0.25, 0.3) is 11.4 Å². The average molecular weight is 397 g/mol. The van der Waals surface area contributed by atoms with Crippen LogP contribution in [0.15, 0.2) is 30.3 Å². The van der Waals surface area contributed by atoms with Crippen LogP contribution in [0.5, 0.6) is 0 Å². The minimum Gasteiger partial charge on any atom is -0.481 e. The SMILES string of the molecule is O=C(O)C1CCN(C(=O)CN2CCC(c3nc(-c4ccccc4)n[nH]3)CC2)CC1. The van der Waals surface area contributed by atoms with Gasteiger partial charge in [-0.3, -0.25) is 19.6 Å². The molecule has 0 spiro atoms. The standard InChI is InChI=1S/C21H27N5O3/c27-18(26-12-8-17(9-13-26)21(28)29)14-25-10-6-16(7-11-25)20-22-19(23-24-20)15-4-2-1-3-5-15/h1-5,16-17H,6-14H2,(H,28,29)(H,22,23,24). The van der Waals surface area contributed by atoms with E-state index in [0.29, 0.717) is 38.4 Å². The van der Waals surface area contributed by atoms with E-state index in [1.54, 1.807) is 0 Å². The molecule has 154 valence electrons. The number of amides is 1. The second-order valence-electron chi connectivity index (χ2n) is 7.95. The molecule has 2 fully saturated rings. The highest BCUT2D eigenvalue weighted by molar-refractivity contribution is 5.79. The number of nitrogens with one attached hydrogen (secondary N) is 1. The fourth-order valence-corrected chi connectivity index (χ4v) is 4.20. The Bertz CT molecular complexity index is 837. The van der Waals surface area contributed by atoms with Crippen LogP contribution in [0.4, 0.5) is 0 Å². The summed E-state index contributed by atoms with van der Waals surface area (Å²) in [5.74, 6) is 1.03. The fraction of sp³-hybridized carbons (Fsp3) is 0.524. The molecule has 8 heteroatoms. The third-order valence-electron chi connectivity index (χ3n) is 6.06. The molecule has 1 amide bonds. The highest BCUT2D eigenvalue weighted by Crippen LogP contribution is 2.27. The molecule has 2 aliphatic heterocycles. The van der Waals surface area contributed by atoms with Crippen molar-refractivity contribution < 1.29 is 14.7 Å². The van der Waals surface area contributed by atoms with E-state index in [1.165, 1.54) is 0 Å². The molecule has 4 rings (SSSR count). The first kappa shape index (κ1) is 19.6. The molecule has 0 atom stereocenters. The van der Waals surface area contributed by atoms with Gasteiger partial charge in [0.1, 0.15) is 5.82 Å². The predicted octanol–water partition coefficient (Wildman–Crippen LogP) is 1.97. The van der Waals surface area contributed by atoms with Crippen LogP contribution in [-0.2, 0) is 9.59 Å². The predicted molar refractivity (Wildman–Crippen MR) is 107 cm³/mol. The van der Waals surface area contributed by atoms with E-state index in [1.807, 2.05) is 35.2 Å². The minimum absolute atomic E-state index is 0.110. The molecule has 0 saturated carbocycles. The van der Waals surface area contributed by atoms with Crippen molar-refractivity contribution in [1.82, 2.24) is 25.0 Å². The van der Waals surface area contributed by atoms with E-state index in [9.17, 15) is 9.59 Å². The number of carbonyl (C=O) groups excluding carboxylic acids is 1. The van der Waals surface area contributed by atoms with Crippen LogP contribution in [0.1, 0.15) is 37.4 Å². The molecule has 3 heterocycles. The lowest BCUT2D eigenvalue weighted by Gasteiger charge is -2.34. The van der Waals surface area contributed by atoms with Gasteiger partial charge in [0.15, 0.2) is 5.82 Å². The van der Waals surface area contributed by atoms with Crippen LogP contribution < -0.4 is 0 Å². The van der Waals surface area contributed by atoms with E-state index < -0.39 is 5.97 Å². The molecule has 0 aliphatic carbocycles. The van der Waals surface area contributed by atoms with E-state index in [4.69, 9.17) is 5.11 Å². The zero-order valence-corrected chi connectivity index (χ0v) is 16.5. The van der Waals surface area contributed by atoms with E-state index in [0.717, 1.165) is 43.1 Å². The fourth-order valence-electron chi connectivity index (χ4n) is 4.20. The van der Waals surface area contributed by atoms with Crippen LogP contribution in [-0.4, -0.2) is 74.7 Å². The van der Waals surface area contributed by atoms with E-state index in [-0.39, 0.29) is 11.8 Å². The summed E-state index contributed by atoms with van der Waals surface area (Å²) in [5, 5.41) is 16.5. The van der Waals surface area contributed by atoms with Gasteiger partial charge in [-0.05, 0) is 38.8 Å². The van der Waals surface area contributed by atoms with Gasteiger partial charge in [0.05, 0.1) is 12.5 Å². The smallest absolute Gasteiger partial charge is 0.306 e. The van der Waals surface area contributed by atoms with Crippen molar-refractivity contribution in [2.24, 2.45) is 5.92 Å². The largest absolute Gasteiger partial charge is 0.481 e. The first-order valence-electron chi connectivity index (χ1n) is 10.3. The lowest BCUT2D eigenvalue weighted by atomic mass is 9.95. The number of H-pyrrole nitrogens is 1. The zero-order chi connectivity index (χ0) is 20.2. The maximum atomic E-state index is 12.6. The number of carbonyl (C=O) groups is 2. The molecule has 2 N–H and O–H groups in total. The van der Waals surface area contributed by atoms with Crippen molar-refractivity contribution in [3.63, 3.8) is 0 Å². The molecule has 2 aliphatic rings. The second kappa shape index (κ2) is 8.73. The number of piperidine rings is 2. The highest BCUT2D eigenvalue weighted by atomic mass is 16.4. The molecule has 0 unspecified atom stereocenters. The van der Waals surface area contributed by atoms with Gasteiger partial charge in [0.2, 0.25) is 5.91 Å². The van der Waals surface area contributed by atoms with Gasteiger partial charge in [-0.1, -0.05) is 30.3 Å². The molecule has 8 nitrogen and oxygen atoms in total. The summed E-state index contributed by atoms with van der Waals surface area (Å²) in [6, 6.07) is 9.93. The lowest BCUT2D eigenvalue weighted by Crippen LogP contribution is -2.46. The zero-order valence-electron chi connectivity index (χ0n) is 16.5. The van der Waals surface area contributed by atoms with Crippen LogP contribution in [0.2, 0.25) is 0 Å². The molecular formula is C21H27N5O3. The third-order valence-corrected chi connectivity index (χ3v) is 6.06. The van der Waals surface area contributed by atoms with Gasteiger partial charge in [0, 0.05) is 24.6 Å². The number of carboxylic acids is 1. The molecule has 1 aromatic carbocycles. The molecule has 2 saturated heterocycles. The number of aromatic amines is 1. The van der Waals surface area contributed by atoms with Gasteiger partial charge in [0.25, 0.3) is 0 Å². The lowest BCUT2D eigenvalue weighted by molar-refractivity contribution is -0.146. The Hall–Kier alpha value is -2.74. The Kier molecular flexibility index (Phi) is 5.89. The Labute approximate surface area is 169 Å². The average Bonchev–Trinajstić information content (AvgIpc) is 3.25. The Morgan fingerprint density at radius 1 is 1.03 bits per heavy atom. The molecule has 2 aromatic rings. The maximum absolute atomic E-state index is 12.6. The number of aromatic nitrogens is 3. The van der Waals surface area contributed by atoms with Gasteiger partial charge < -0.3 is 10.0 Å². The van der Waals surface area contributed by atoms with Gasteiger partial charge in [-0.2, -0.15) is 5.10 Å². The summed E-state index contributed by atoms with van der Waals surface area (Å²) in [6.07, 6.45) is 2.99. The van der Waals surface area contributed by atoms with Crippen molar-refractivity contribution in [3.05, 3.63) is 36.2 Å². The Balaban J connectivity index is 1.25. The number of hydrogen-bond acceptors (Lipinski definition) is 5. The summed E-state index contributed by atoms with van der Waals surface area (Å²) in [4.78, 5) is 32.3. The molecule has 0 bridgehead atoms. The summed E-state index contributed by atoms with van der Waals surface area (Å²) in [5.41, 5.74) is 1.00. The van der Waals surface area contributed by atoms with Crippen LogP contribution >= 0.6 is 0 Å². The number of likely N-dealkylation sites (tertiary alicyclic amines) is 2. The Morgan fingerprint density at radius 3 is 2.38 bits per heavy atom. The minimum atomic E-state index is -0.748. The summed E-state index contributed by atoms with van der Waals surface area (Å²) in [7, 11) is 0. The molecule has 1 aromatic heterocycles. The van der Waals surface area contributed by atoms with E-state index >= 15 is 0 Å². The monoisotopic (exact) mass is 397 g/mol. The maximum Gasteiger partial charge on any atom is 0.306 e. The van der Waals surface area contributed by atoms with Crippen molar-refractivity contribution in [1.29, 1.82) is 0 Å². The van der Waals surface area contributed by atoms with Gasteiger partial charge in [-0.25, -0.2) is 4.98 Å². The first-order chi connectivity index (χ1) is 14.1. The Morgan fingerprint density at radius 2 is 1.72 bits per heavy atom. The van der Waals surface area contributed by atoms with Crippen molar-refractivity contribution >= 4 is 11.9 Å². The van der Waals surface area contributed by atoms with Crippen molar-refractivity contribution in [2.45, 2.75) is 31.6 Å². The summed E-state index contributed by atoms with van der Waals surface area (Å²) >= 11 is 0. The van der Waals surface area contributed by atoms with Gasteiger partial charge in [-0.15, -0.1) is 0 Å². The number of hydrogen-bond donors (Lipinski definition) is 2. The summed E-state index contributed by atoms with van der Waals surface area (Å²) < 4.78 is 0. The van der Waals surface area contributed by atoms with E-state index in [2.05, 4.69) is 20.1 Å². The number of aliphatic carboxylic acids is 1. The summed E-state index contributed by atoms with van der Waals surface area (Å²) in [6.45, 7) is 3.21. The normalized spacial score (nSPS) is 19.4. The molecule has 29 heavy (non-hydrogen) atoms. The number of benzene rings is 1. The first-order valence-corrected chi connectivity index (χ1v) is 10.3. The number of rotatable bonds is 5. The second-order valence-corrected chi connectivity index (χ2v) is 7.95. The molecular weight excluding hydrogens is 370 g/mol. The molecule has 0 radical (unpaired) electrons. The quantitative estimate of drug-likeness (QED) is 0.800. The topological polar surface area (TPSA) is 102 Å². The number of nitrogens with zero attached hydrogens (tertiary/aromatic N) is 4. The van der Waals surface area contributed by atoms with Crippen LogP contribution in [0, 0.1) is 5.92 Å². The van der Waals surface area contributed by atoms with Crippen molar-refractivity contribution in [2.75, 3.05) is 32.7 Å². The van der Waals surface area contributed by atoms with Crippen molar-refractivity contribution in [3.8, 4) is 11.4 Å².